The molecule has 2 rings (SSSR count). The molecule has 0 saturated carbocycles. The summed E-state index contributed by atoms with van der Waals surface area (Å²) in [7, 11) is -3.74. The van der Waals surface area contributed by atoms with E-state index in [2.05, 4.69) is 4.98 Å². The number of hydrogen-bond donors (Lipinski definition) is 0. The van der Waals surface area contributed by atoms with Crippen LogP contribution >= 0.6 is 0 Å². The maximum atomic E-state index is 12.4. The van der Waals surface area contributed by atoms with Crippen molar-refractivity contribution in [2.45, 2.75) is 16.8 Å². The van der Waals surface area contributed by atoms with Crippen molar-refractivity contribution in [3.05, 3.63) is 53.7 Å². The Bertz CT molecular complexity index is 731. The Kier molecular flexibility index (Phi) is 3.13. The van der Waals surface area contributed by atoms with Crippen LogP contribution in [0.3, 0.4) is 0 Å². The number of nitrogens with zero attached hydrogens (tertiary/aromatic N) is 2. The van der Waals surface area contributed by atoms with E-state index in [1.807, 2.05) is 19.1 Å². The van der Waals surface area contributed by atoms with Crippen molar-refractivity contribution in [2.75, 3.05) is 0 Å². The minimum Gasteiger partial charge on any atom is -0.243 e. The van der Waals surface area contributed by atoms with Crippen molar-refractivity contribution in [1.82, 2.24) is 4.98 Å². The summed E-state index contributed by atoms with van der Waals surface area (Å²) >= 11 is 0. The van der Waals surface area contributed by atoms with Crippen molar-refractivity contribution in [3.63, 3.8) is 0 Å². The number of hydrogen-bond acceptors (Lipinski definition) is 4. The topological polar surface area (TPSA) is 70.8 Å². The molecule has 4 nitrogen and oxygen atoms in total. The molecule has 5 heteroatoms. The largest absolute Gasteiger partial charge is 0.243 e. The van der Waals surface area contributed by atoms with Gasteiger partial charge in [0.05, 0.1) is 10.5 Å². The molecular weight excluding hydrogens is 248 g/mol. The second-order valence-corrected chi connectivity index (χ2v) is 5.65. The lowest BCUT2D eigenvalue weighted by Gasteiger charge is -2.05. The van der Waals surface area contributed by atoms with E-state index in [9.17, 15) is 8.42 Å². The molecule has 0 aliphatic heterocycles. The molecule has 0 aliphatic rings. The highest BCUT2D eigenvalue weighted by molar-refractivity contribution is 7.91. The lowest BCUT2D eigenvalue weighted by molar-refractivity contribution is 0.592. The first-order chi connectivity index (χ1) is 8.55. The van der Waals surface area contributed by atoms with Crippen LogP contribution in [-0.2, 0) is 9.84 Å². The monoisotopic (exact) mass is 258 g/mol. The van der Waals surface area contributed by atoms with E-state index in [4.69, 9.17) is 5.26 Å². The number of sulfone groups is 1. The van der Waals surface area contributed by atoms with Gasteiger partial charge in [-0.25, -0.2) is 13.4 Å². The van der Waals surface area contributed by atoms with Crippen LogP contribution in [-0.4, -0.2) is 13.4 Å². The highest BCUT2D eigenvalue weighted by Gasteiger charge is 2.22. The molecule has 0 N–H and O–H groups in total. The summed E-state index contributed by atoms with van der Waals surface area (Å²) in [5.41, 5.74) is 0.893. The summed E-state index contributed by atoms with van der Waals surface area (Å²) in [6.07, 6.45) is 1.36. The van der Waals surface area contributed by atoms with E-state index < -0.39 is 9.84 Å². The quantitative estimate of drug-likeness (QED) is 0.827. The van der Waals surface area contributed by atoms with Gasteiger partial charge in [0.15, 0.2) is 5.03 Å². The lowest BCUT2D eigenvalue weighted by Crippen LogP contribution is -2.06. The molecule has 18 heavy (non-hydrogen) atoms. The summed E-state index contributed by atoms with van der Waals surface area (Å²) in [4.78, 5) is 3.97. The summed E-state index contributed by atoms with van der Waals surface area (Å²) < 4.78 is 24.7. The van der Waals surface area contributed by atoms with Gasteiger partial charge in [-0.1, -0.05) is 12.1 Å². The minimum absolute atomic E-state index is 0.0546. The Morgan fingerprint density at radius 3 is 2.67 bits per heavy atom. The van der Waals surface area contributed by atoms with Crippen LogP contribution < -0.4 is 0 Å². The fourth-order valence-electron chi connectivity index (χ4n) is 1.58. The number of rotatable bonds is 2. The van der Waals surface area contributed by atoms with Gasteiger partial charge in [0, 0.05) is 6.20 Å². The molecule has 0 fully saturated rings. The van der Waals surface area contributed by atoms with Gasteiger partial charge in [-0.05, 0) is 36.8 Å². The number of benzene rings is 1. The molecule has 0 spiro atoms. The second-order valence-electron chi connectivity index (χ2n) is 3.79. The fourth-order valence-corrected chi connectivity index (χ4v) is 3.01. The first-order valence-electron chi connectivity index (χ1n) is 5.22. The zero-order chi connectivity index (χ0) is 13.2. The van der Waals surface area contributed by atoms with E-state index in [0.717, 1.165) is 5.56 Å². The molecule has 1 aromatic heterocycles. The Hall–Kier alpha value is -2.19. The van der Waals surface area contributed by atoms with Crippen molar-refractivity contribution in [2.24, 2.45) is 0 Å². The van der Waals surface area contributed by atoms with Crippen molar-refractivity contribution < 1.29 is 8.42 Å². The maximum Gasteiger partial charge on any atom is 0.225 e. The Morgan fingerprint density at radius 2 is 2.00 bits per heavy atom. The third kappa shape index (κ3) is 2.11. The Labute approximate surface area is 105 Å². The molecule has 0 unspecified atom stereocenters. The van der Waals surface area contributed by atoms with Gasteiger partial charge in [-0.3, -0.25) is 0 Å². The van der Waals surface area contributed by atoms with Crippen LogP contribution in [0, 0.1) is 18.3 Å². The van der Waals surface area contributed by atoms with Gasteiger partial charge in [0.2, 0.25) is 9.84 Å². The van der Waals surface area contributed by atoms with Crippen molar-refractivity contribution >= 4 is 9.84 Å². The van der Waals surface area contributed by atoms with Crippen LogP contribution in [0.15, 0.2) is 52.5 Å². The molecule has 0 amide bonds. The van der Waals surface area contributed by atoms with Crippen LogP contribution in [0.5, 0.6) is 0 Å². The Morgan fingerprint density at radius 1 is 1.22 bits per heavy atom. The van der Waals surface area contributed by atoms with E-state index >= 15 is 0 Å². The van der Waals surface area contributed by atoms with Crippen LogP contribution in [0.4, 0.5) is 0 Å². The SMILES string of the molecule is Cc1cccc(S(=O)(=O)c2ncccc2C#N)c1. The first kappa shape index (κ1) is 12.3. The molecule has 0 saturated heterocycles. The smallest absolute Gasteiger partial charge is 0.225 e. The molecule has 0 aliphatic carbocycles. The normalized spacial score (nSPS) is 10.9. The third-order valence-electron chi connectivity index (χ3n) is 2.45. The van der Waals surface area contributed by atoms with Gasteiger partial charge in [-0.15, -0.1) is 0 Å². The highest BCUT2D eigenvalue weighted by atomic mass is 32.2. The molecule has 90 valence electrons. The average Bonchev–Trinajstić information content (AvgIpc) is 2.38. The summed E-state index contributed by atoms with van der Waals surface area (Å²) in [6.45, 7) is 1.81. The molecule has 0 radical (unpaired) electrons. The number of aromatic nitrogens is 1. The molecule has 0 atom stereocenters. The summed E-state index contributed by atoms with van der Waals surface area (Å²) in [6, 6.07) is 11.4. The Balaban J connectivity index is 2.67. The third-order valence-corrected chi connectivity index (χ3v) is 4.15. The van der Waals surface area contributed by atoms with E-state index in [0.29, 0.717) is 0 Å². The van der Waals surface area contributed by atoms with Gasteiger partial charge in [0.25, 0.3) is 0 Å². The predicted molar refractivity (Wildman–Crippen MR) is 65.6 cm³/mol. The summed E-state index contributed by atoms with van der Waals surface area (Å²) in [5.74, 6) is 0. The molecular formula is C13H10N2O2S. The average molecular weight is 258 g/mol. The highest BCUT2D eigenvalue weighted by Crippen LogP contribution is 2.22. The van der Waals surface area contributed by atoms with Gasteiger partial charge in [0.1, 0.15) is 6.07 Å². The van der Waals surface area contributed by atoms with Crippen molar-refractivity contribution in [3.8, 4) is 6.07 Å². The second kappa shape index (κ2) is 4.59. The zero-order valence-corrected chi connectivity index (χ0v) is 10.5. The molecule has 0 bridgehead atoms. The summed E-state index contributed by atoms with van der Waals surface area (Å²) in [5, 5.41) is 8.73. The van der Waals surface area contributed by atoms with E-state index in [1.54, 1.807) is 12.1 Å². The first-order valence-corrected chi connectivity index (χ1v) is 6.71. The van der Waals surface area contributed by atoms with E-state index in [-0.39, 0.29) is 15.5 Å². The van der Waals surface area contributed by atoms with Gasteiger partial charge < -0.3 is 0 Å². The number of nitriles is 1. The van der Waals surface area contributed by atoms with Crippen LogP contribution in [0.1, 0.15) is 11.1 Å². The molecule has 1 aromatic carbocycles. The van der Waals surface area contributed by atoms with Gasteiger partial charge in [-0.2, -0.15) is 5.26 Å². The predicted octanol–water partition coefficient (Wildman–Crippen LogP) is 2.09. The van der Waals surface area contributed by atoms with Crippen LogP contribution in [0.25, 0.3) is 0 Å². The molecule has 2 aromatic rings. The lowest BCUT2D eigenvalue weighted by atomic mass is 10.2. The minimum atomic E-state index is -3.74. The van der Waals surface area contributed by atoms with Crippen molar-refractivity contribution in [1.29, 1.82) is 5.26 Å². The zero-order valence-electron chi connectivity index (χ0n) is 9.66. The maximum absolute atomic E-state index is 12.4. The van der Waals surface area contributed by atoms with E-state index in [1.165, 1.54) is 24.4 Å². The molecule has 1 heterocycles. The van der Waals surface area contributed by atoms with Gasteiger partial charge >= 0.3 is 0 Å². The fraction of sp³-hybridized carbons (Fsp3) is 0.0769. The number of aryl methyl sites for hydroxylation is 1. The van der Waals surface area contributed by atoms with Crippen LogP contribution in [0.2, 0.25) is 0 Å². The number of pyridine rings is 1. The standard InChI is InChI=1S/C13H10N2O2S/c1-10-4-2-6-12(8-10)18(16,17)13-11(9-14)5-3-7-15-13/h2-8H,1H3.